The average Bonchev–Trinajstić information content (AvgIpc) is 2.87. The summed E-state index contributed by atoms with van der Waals surface area (Å²) in [6.07, 6.45) is 4.32. The van der Waals surface area contributed by atoms with E-state index in [2.05, 4.69) is 16.0 Å². The third-order valence-electron chi connectivity index (χ3n) is 4.24. The van der Waals surface area contributed by atoms with Gasteiger partial charge in [-0.3, -0.25) is 4.79 Å². The second-order valence-electron chi connectivity index (χ2n) is 6.26. The van der Waals surface area contributed by atoms with Crippen LogP contribution in [0.1, 0.15) is 39.5 Å². The normalized spacial score (nSPS) is 30.6. The number of carbonyl (C=O) groups excluding carboxylic acids is 1. The minimum atomic E-state index is 0.140. The van der Waals surface area contributed by atoms with E-state index < -0.39 is 0 Å². The van der Waals surface area contributed by atoms with Crippen LogP contribution in [0.15, 0.2) is 0 Å². The molecule has 1 aliphatic carbocycles. The molecule has 3 atom stereocenters. The van der Waals surface area contributed by atoms with Crippen LogP contribution in [0.3, 0.4) is 0 Å². The number of hydrogen-bond acceptors (Lipinski definition) is 4. The number of morpholine rings is 1. The first-order chi connectivity index (χ1) is 9.66. The molecule has 0 bridgehead atoms. The van der Waals surface area contributed by atoms with Crippen molar-refractivity contribution < 1.29 is 9.53 Å². The van der Waals surface area contributed by atoms with E-state index in [1.54, 1.807) is 0 Å². The van der Waals surface area contributed by atoms with Crippen LogP contribution in [-0.4, -0.2) is 50.3 Å². The van der Waals surface area contributed by atoms with Gasteiger partial charge in [0.15, 0.2) is 0 Å². The molecular weight excluding hydrogens is 254 g/mol. The summed E-state index contributed by atoms with van der Waals surface area (Å²) in [5.41, 5.74) is 0. The highest BCUT2D eigenvalue weighted by molar-refractivity contribution is 5.76. The van der Waals surface area contributed by atoms with Crippen molar-refractivity contribution in [2.75, 3.05) is 26.3 Å². The molecule has 1 amide bonds. The van der Waals surface area contributed by atoms with Crippen LogP contribution in [0, 0.1) is 5.92 Å². The molecule has 1 aliphatic heterocycles. The maximum absolute atomic E-state index is 11.6. The molecule has 1 saturated heterocycles. The van der Waals surface area contributed by atoms with E-state index in [-0.39, 0.29) is 11.9 Å². The van der Waals surface area contributed by atoms with Crippen molar-refractivity contribution >= 4 is 5.91 Å². The summed E-state index contributed by atoms with van der Waals surface area (Å²) in [5, 5.41) is 10.1. The van der Waals surface area contributed by atoms with Crippen molar-refractivity contribution in [3.63, 3.8) is 0 Å². The Labute approximate surface area is 122 Å². The fourth-order valence-corrected chi connectivity index (χ4v) is 3.35. The quantitative estimate of drug-likeness (QED) is 0.670. The molecule has 0 aromatic carbocycles. The molecule has 2 aliphatic rings. The molecule has 3 N–H and O–H groups in total. The second-order valence-corrected chi connectivity index (χ2v) is 6.26. The van der Waals surface area contributed by atoms with E-state index in [1.165, 1.54) is 19.3 Å². The molecule has 1 heterocycles. The first kappa shape index (κ1) is 15.7. The zero-order valence-corrected chi connectivity index (χ0v) is 12.8. The Kier molecular flexibility index (Phi) is 6.26. The second kappa shape index (κ2) is 7.96. The van der Waals surface area contributed by atoms with Crippen molar-refractivity contribution in [2.45, 2.75) is 57.7 Å². The fraction of sp³-hybridized carbons (Fsp3) is 0.933. The van der Waals surface area contributed by atoms with Gasteiger partial charge in [-0.25, -0.2) is 0 Å². The number of rotatable bonds is 6. The number of carbonyl (C=O) groups is 1. The maximum Gasteiger partial charge on any atom is 0.221 e. The Morgan fingerprint density at radius 1 is 1.40 bits per heavy atom. The zero-order valence-electron chi connectivity index (χ0n) is 12.8. The largest absolute Gasteiger partial charge is 0.379 e. The zero-order chi connectivity index (χ0) is 14.4. The highest BCUT2D eigenvalue weighted by Gasteiger charge is 2.34. The molecule has 1 saturated carbocycles. The number of hydrogen-bond donors (Lipinski definition) is 3. The molecule has 116 valence electrons. The monoisotopic (exact) mass is 283 g/mol. The van der Waals surface area contributed by atoms with Gasteiger partial charge in [0, 0.05) is 37.6 Å². The van der Waals surface area contributed by atoms with Gasteiger partial charge in [-0.1, -0.05) is 6.42 Å². The van der Waals surface area contributed by atoms with Crippen molar-refractivity contribution in [2.24, 2.45) is 5.92 Å². The number of ether oxygens (including phenoxy) is 1. The smallest absolute Gasteiger partial charge is 0.221 e. The van der Waals surface area contributed by atoms with Gasteiger partial charge in [-0.15, -0.1) is 0 Å². The Hall–Kier alpha value is -0.650. The third-order valence-corrected chi connectivity index (χ3v) is 4.24. The van der Waals surface area contributed by atoms with E-state index in [0.29, 0.717) is 24.4 Å². The van der Waals surface area contributed by atoms with E-state index in [1.807, 2.05) is 13.8 Å². The molecule has 0 spiro atoms. The van der Waals surface area contributed by atoms with Gasteiger partial charge in [0.25, 0.3) is 0 Å². The minimum absolute atomic E-state index is 0.140. The van der Waals surface area contributed by atoms with E-state index in [0.717, 1.165) is 26.3 Å². The van der Waals surface area contributed by atoms with E-state index >= 15 is 0 Å². The standard InChI is InChI=1S/C15H29N3O2/c1-11(2)18-15(19)6-7-16-13-5-3-4-12(13)14-10-20-9-8-17-14/h11-14,16-17H,3-10H2,1-2H3,(H,18,19). The van der Waals surface area contributed by atoms with E-state index in [9.17, 15) is 4.79 Å². The first-order valence-electron chi connectivity index (χ1n) is 8.00. The highest BCUT2D eigenvalue weighted by atomic mass is 16.5. The van der Waals surface area contributed by atoms with Crippen LogP contribution >= 0.6 is 0 Å². The SMILES string of the molecule is CC(C)NC(=O)CCNC1CCCC1C1COCCN1. The summed E-state index contributed by atoms with van der Waals surface area (Å²) >= 11 is 0. The molecule has 2 rings (SSSR count). The molecule has 20 heavy (non-hydrogen) atoms. The van der Waals surface area contributed by atoms with Crippen molar-refractivity contribution in [1.82, 2.24) is 16.0 Å². The van der Waals surface area contributed by atoms with Crippen LogP contribution in [0.2, 0.25) is 0 Å². The lowest BCUT2D eigenvalue weighted by Gasteiger charge is -2.33. The Bertz CT molecular complexity index is 303. The summed E-state index contributed by atoms with van der Waals surface area (Å²) in [5.74, 6) is 0.782. The van der Waals surface area contributed by atoms with Crippen LogP contribution < -0.4 is 16.0 Å². The van der Waals surface area contributed by atoms with Crippen LogP contribution in [-0.2, 0) is 9.53 Å². The molecule has 5 nitrogen and oxygen atoms in total. The highest BCUT2D eigenvalue weighted by Crippen LogP contribution is 2.29. The lowest BCUT2D eigenvalue weighted by atomic mass is 9.94. The van der Waals surface area contributed by atoms with Gasteiger partial charge in [-0.05, 0) is 32.6 Å². The van der Waals surface area contributed by atoms with Crippen molar-refractivity contribution in [3.8, 4) is 0 Å². The topological polar surface area (TPSA) is 62.4 Å². The number of amides is 1. The Balaban J connectivity index is 1.70. The first-order valence-corrected chi connectivity index (χ1v) is 8.00. The maximum atomic E-state index is 11.6. The van der Waals surface area contributed by atoms with Gasteiger partial charge in [0.2, 0.25) is 5.91 Å². The molecule has 2 fully saturated rings. The molecule has 0 aromatic heterocycles. The van der Waals surface area contributed by atoms with Crippen molar-refractivity contribution in [3.05, 3.63) is 0 Å². The molecular formula is C15H29N3O2. The fourth-order valence-electron chi connectivity index (χ4n) is 3.35. The van der Waals surface area contributed by atoms with Crippen molar-refractivity contribution in [1.29, 1.82) is 0 Å². The Morgan fingerprint density at radius 2 is 2.25 bits per heavy atom. The van der Waals surface area contributed by atoms with E-state index in [4.69, 9.17) is 4.74 Å². The predicted molar refractivity (Wildman–Crippen MR) is 79.6 cm³/mol. The summed E-state index contributed by atoms with van der Waals surface area (Å²) in [4.78, 5) is 11.6. The summed E-state index contributed by atoms with van der Waals surface area (Å²) in [6, 6.07) is 1.24. The Morgan fingerprint density at radius 3 is 2.95 bits per heavy atom. The van der Waals surface area contributed by atoms with Crippen LogP contribution in [0.25, 0.3) is 0 Å². The van der Waals surface area contributed by atoms with Gasteiger partial charge in [-0.2, -0.15) is 0 Å². The predicted octanol–water partition coefficient (Wildman–Crippen LogP) is 0.648. The van der Waals surface area contributed by atoms with Gasteiger partial charge < -0.3 is 20.7 Å². The lowest BCUT2D eigenvalue weighted by molar-refractivity contribution is -0.121. The molecule has 3 unspecified atom stereocenters. The number of nitrogens with one attached hydrogen (secondary N) is 3. The third kappa shape index (κ3) is 4.72. The van der Waals surface area contributed by atoms with Gasteiger partial charge in [0.05, 0.1) is 13.2 Å². The minimum Gasteiger partial charge on any atom is -0.379 e. The summed E-state index contributed by atoms with van der Waals surface area (Å²) in [7, 11) is 0. The average molecular weight is 283 g/mol. The van der Waals surface area contributed by atoms with Crippen LogP contribution in [0.4, 0.5) is 0 Å². The molecule has 5 heteroatoms. The molecule has 0 aromatic rings. The lowest BCUT2D eigenvalue weighted by Crippen LogP contribution is -2.51. The van der Waals surface area contributed by atoms with Gasteiger partial charge in [0.1, 0.15) is 0 Å². The summed E-state index contributed by atoms with van der Waals surface area (Å²) < 4.78 is 5.57. The van der Waals surface area contributed by atoms with Gasteiger partial charge >= 0.3 is 0 Å². The van der Waals surface area contributed by atoms with Crippen LogP contribution in [0.5, 0.6) is 0 Å². The molecule has 0 radical (unpaired) electrons. The summed E-state index contributed by atoms with van der Waals surface area (Å²) in [6.45, 7) is 7.38.